The number of amides is 1. The van der Waals surface area contributed by atoms with Crippen LogP contribution >= 0.6 is 23.1 Å². The molecular weight excluding hydrogens is 348 g/mol. The van der Waals surface area contributed by atoms with Gasteiger partial charge >= 0.3 is 0 Å². The number of terminal acetylenes is 1. The van der Waals surface area contributed by atoms with Crippen molar-refractivity contribution in [3.63, 3.8) is 0 Å². The Balaban J connectivity index is 2.16. The van der Waals surface area contributed by atoms with Crippen LogP contribution in [0, 0.1) is 12.3 Å². The molecular formula is C20H18N2OS2. The van der Waals surface area contributed by atoms with E-state index in [-0.39, 0.29) is 5.91 Å². The van der Waals surface area contributed by atoms with E-state index >= 15 is 0 Å². The second kappa shape index (κ2) is 7.73. The van der Waals surface area contributed by atoms with Crippen molar-refractivity contribution in [1.29, 1.82) is 0 Å². The predicted octanol–water partition coefficient (Wildman–Crippen LogP) is 4.36. The first-order chi connectivity index (χ1) is 12.2. The van der Waals surface area contributed by atoms with Gasteiger partial charge in [-0.05, 0) is 42.5 Å². The fraction of sp³-hybridized carbons (Fsp3) is 0.200. The SMILES string of the molecule is C#CCn1c(=NC(=O)c2ccccc2SC)sc2cc(CC)ccc21. The van der Waals surface area contributed by atoms with Crippen LogP contribution in [0.2, 0.25) is 0 Å². The minimum atomic E-state index is -0.238. The molecule has 0 atom stereocenters. The Labute approximate surface area is 155 Å². The molecule has 0 unspecified atom stereocenters. The standard InChI is InChI=1S/C20H18N2OS2/c1-4-12-22-16-11-10-14(5-2)13-18(16)25-20(22)21-19(23)15-8-6-7-9-17(15)24-3/h1,6-11,13H,5,12H2,2-3H3. The van der Waals surface area contributed by atoms with Crippen molar-refractivity contribution in [1.82, 2.24) is 4.57 Å². The van der Waals surface area contributed by atoms with E-state index in [0.29, 0.717) is 16.9 Å². The molecule has 0 spiro atoms. The Morgan fingerprint density at radius 1 is 1.32 bits per heavy atom. The van der Waals surface area contributed by atoms with E-state index in [9.17, 15) is 4.79 Å². The molecule has 3 aromatic rings. The maximum absolute atomic E-state index is 12.7. The first kappa shape index (κ1) is 17.5. The highest BCUT2D eigenvalue weighted by Gasteiger charge is 2.12. The zero-order chi connectivity index (χ0) is 17.8. The summed E-state index contributed by atoms with van der Waals surface area (Å²) in [5, 5.41) is 0. The number of aryl methyl sites for hydroxylation is 1. The second-order valence-corrected chi connectivity index (χ2v) is 7.30. The minimum absolute atomic E-state index is 0.238. The van der Waals surface area contributed by atoms with Gasteiger partial charge in [0.1, 0.15) is 0 Å². The number of rotatable bonds is 4. The summed E-state index contributed by atoms with van der Waals surface area (Å²) < 4.78 is 3.03. The van der Waals surface area contributed by atoms with Gasteiger partial charge in [0.15, 0.2) is 4.80 Å². The maximum Gasteiger partial charge on any atom is 0.280 e. The summed E-state index contributed by atoms with van der Waals surface area (Å²) in [5.41, 5.74) is 2.89. The molecule has 0 N–H and O–H groups in total. The van der Waals surface area contributed by atoms with Gasteiger partial charge in [-0.25, -0.2) is 0 Å². The fourth-order valence-corrected chi connectivity index (χ4v) is 4.32. The van der Waals surface area contributed by atoms with Gasteiger partial charge in [0, 0.05) is 4.90 Å². The van der Waals surface area contributed by atoms with Crippen molar-refractivity contribution in [2.24, 2.45) is 4.99 Å². The number of nitrogens with zero attached hydrogens (tertiary/aromatic N) is 2. The highest BCUT2D eigenvalue weighted by molar-refractivity contribution is 7.98. The van der Waals surface area contributed by atoms with Gasteiger partial charge in [0.05, 0.1) is 22.3 Å². The van der Waals surface area contributed by atoms with Crippen molar-refractivity contribution in [2.75, 3.05) is 6.26 Å². The third-order valence-corrected chi connectivity index (χ3v) is 5.78. The maximum atomic E-state index is 12.7. The van der Waals surface area contributed by atoms with E-state index < -0.39 is 0 Å². The number of benzene rings is 2. The lowest BCUT2D eigenvalue weighted by atomic mass is 10.2. The van der Waals surface area contributed by atoms with Gasteiger partial charge < -0.3 is 4.57 Å². The van der Waals surface area contributed by atoms with Gasteiger partial charge in [0.2, 0.25) is 0 Å². The summed E-state index contributed by atoms with van der Waals surface area (Å²) in [5.74, 6) is 2.42. The monoisotopic (exact) mass is 366 g/mol. The first-order valence-electron chi connectivity index (χ1n) is 7.95. The van der Waals surface area contributed by atoms with Crippen molar-refractivity contribution in [2.45, 2.75) is 24.8 Å². The van der Waals surface area contributed by atoms with E-state index in [2.05, 4.69) is 36.0 Å². The molecule has 126 valence electrons. The van der Waals surface area contributed by atoms with Crippen molar-refractivity contribution >= 4 is 39.2 Å². The third kappa shape index (κ3) is 3.55. The number of hydrogen-bond acceptors (Lipinski definition) is 3. The van der Waals surface area contributed by atoms with E-state index in [4.69, 9.17) is 6.42 Å². The molecule has 0 saturated carbocycles. The van der Waals surface area contributed by atoms with Crippen LogP contribution in [-0.4, -0.2) is 16.7 Å². The molecule has 0 aliphatic carbocycles. The van der Waals surface area contributed by atoms with Crippen molar-refractivity contribution in [3.05, 3.63) is 58.4 Å². The lowest BCUT2D eigenvalue weighted by Gasteiger charge is -2.03. The first-order valence-corrected chi connectivity index (χ1v) is 9.99. The smallest absolute Gasteiger partial charge is 0.280 e. The lowest BCUT2D eigenvalue weighted by Crippen LogP contribution is -2.16. The summed E-state index contributed by atoms with van der Waals surface area (Å²) in [6.07, 6.45) is 8.45. The van der Waals surface area contributed by atoms with Crippen LogP contribution in [0.15, 0.2) is 52.4 Å². The molecule has 2 aromatic carbocycles. The summed E-state index contributed by atoms with van der Waals surface area (Å²) in [6, 6.07) is 13.8. The molecule has 25 heavy (non-hydrogen) atoms. The number of fused-ring (bicyclic) bond motifs is 1. The van der Waals surface area contributed by atoms with Gasteiger partial charge in [0.25, 0.3) is 5.91 Å². The zero-order valence-corrected chi connectivity index (χ0v) is 15.8. The number of carbonyl (C=O) groups is 1. The molecule has 0 bridgehead atoms. The Hall–Kier alpha value is -2.29. The molecule has 3 rings (SSSR count). The average molecular weight is 367 g/mol. The molecule has 0 saturated heterocycles. The molecule has 0 fully saturated rings. The topological polar surface area (TPSA) is 34.4 Å². The summed E-state index contributed by atoms with van der Waals surface area (Å²) >= 11 is 3.05. The van der Waals surface area contributed by atoms with Crippen LogP contribution in [0.3, 0.4) is 0 Å². The molecule has 3 nitrogen and oxygen atoms in total. The number of hydrogen-bond donors (Lipinski definition) is 0. The Morgan fingerprint density at radius 2 is 2.12 bits per heavy atom. The van der Waals surface area contributed by atoms with Gasteiger partial charge in [-0.3, -0.25) is 4.79 Å². The number of carbonyl (C=O) groups excluding carboxylic acids is 1. The normalized spacial score (nSPS) is 11.6. The van der Waals surface area contributed by atoms with Crippen LogP contribution in [-0.2, 0) is 13.0 Å². The number of thiazole rings is 1. The molecule has 0 radical (unpaired) electrons. The Bertz CT molecular complexity index is 1040. The summed E-state index contributed by atoms with van der Waals surface area (Å²) in [4.78, 5) is 18.7. The van der Waals surface area contributed by atoms with Crippen molar-refractivity contribution < 1.29 is 4.79 Å². The lowest BCUT2D eigenvalue weighted by molar-refractivity contribution is 0.0995. The van der Waals surface area contributed by atoms with Crippen LogP contribution < -0.4 is 4.80 Å². The third-order valence-electron chi connectivity index (χ3n) is 3.94. The highest BCUT2D eigenvalue weighted by Crippen LogP contribution is 2.22. The van der Waals surface area contributed by atoms with E-state index in [0.717, 1.165) is 21.5 Å². The fourth-order valence-electron chi connectivity index (χ4n) is 2.64. The molecule has 1 amide bonds. The Kier molecular flexibility index (Phi) is 5.42. The van der Waals surface area contributed by atoms with Crippen LogP contribution in [0.5, 0.6) is 0 Å². The van der Waals surface area contributed by atoms with E-state index in [1.807, 2.05) is 35.1 Å². The van der Waals surface area contributed by atoms with Crippen LogP contribution in [0.1, 0.15) is 22.8 Å². The molecule has 0 aliphatic rings. The second-order valence-electron chi connectivity index (χ2n) is 5.45. The quantitative estimate of drug-likeness (QED) is 0.508. The highest BCUT2D eigenvalue weighted by atomic mass is 32.2. The molecule has 0 aliphatic heterocycles. The molecule has 1 heterocycles. The summed E-state index contributed by atoms with van der Waals surface area (Å²) in [6.45, 7) is 2.51. The predicted molar refractivity (Wildman–Crippen MR) is 106 cm³/mol. The van der Waals surface area contributed by atoms with Gasteiger partial charge in [-0.1, -0.05) is 42.4 Å². The average Bonchev–Trinajstić information content (AvgIpc) is 2.98. The van der Waals surface area contributed by atoms with Gasteiger partial charge in [-0.2, -0.15) is 4.99 Å². The van der Waals surface area contributed by atoms with Crippen LogP contribution in [0.25, 0.3) is 10.2 Å². The number of aromatic nitrogens is 1. The minimum Gasteiger partial charge on any atom is -0.305 e. The number of thioether (sulfide) groups is 1. The zero-order valence-electron chi connectivity index (χ0n) is 14.2. The van der Waals surface area contributed by atoms with E-state index in [1.54, 1.807) is 11.8 Å². The van der Waals surface area contributed by atoms with Crippen molar-refractivity contribution in [3.8, 4) is 12.3 Å². The van der Waals surface area contributed by atoms with Gasteiger partial charge in [-0.15, -0.1) is 18.2 Å². The van der Waals surface area contributed by atoms with E-state index in [1.165, 1.54) is 16.9 Å². The summed E-state index contributed by atoms with van der Waals surface area (Å²) in [7, 11) is 0. The Morgan fingerprint density at radius 3 is 2.84 bits per heavy atom. The molecule has 1 aromatic heterocycles. The largest absolute Gasteiger partial charge is 0.305 e. The molecule has 5 heteroatoms. The van der Waals surface area contributed by atoms with Crippen LogP contribution in [0.4, 0.5) is 0 Å².